The van der Waals surface area contributed by atoms with Gasteiger partial charge in [0, 0.05) is 12.6 Å². The fourth-order valence-electron chi connectivity index (χ4n) is 2.66. The molecule has 0 saturated carbocycles. The second-order valence-electron chi connectivity index (χ2n) is 5.64. The van der Waals surface area contributed by atoms with Gasteiger partial charge in [0.2, 0.25) is 5.76 Å². The van der Waals surface area contributed by atoms with E-state index in [1.54, 1.807) is 29.1 Å². The molecule has 1 amide bonds. The monoisotopic (exact) mass is 348 g/mol. The molecule has 0 unspecified atom stereocenters. The maximum atomic E-state index is 12.6. The van der Waals surface area contributed by atoms with Gasteiger partial charge in [-0.2, -0.15) is 5.10 Å². The van der Waals surface area contributed by atoms with E-state index < -0.39 is 0 Å². The highest BCUT2D eigenvalue weighted by Crippen LogP contribution is 2.24. The minimum Gasteiger partial charge on any atom is -0.461 e. The Morgan fingerprint density at radius 2 is 1.96 bits per heavy atom. The molecule has 7 heteroatoms. The predicted octanol–water partition coefficient (Wildman–Crippen LogP) is 3.63. The van der Waals surface area contributed by atoms with Crippen molar-refractivity contribution >= 4 is 11.7 Å². The number of carbonyl (C=O) groups excluding carboxylic acids is 1. The second-order valence-corrected chi connectivity index (χ2v) is 5.64. The van der Waals surface area contributed by atoms with Crippen molar-refractivity contribution in [1.29, 1.82) is 0 Å². The Bertz CT molecular complexity index is 987. The van der Waals surface area contributed by atoms with Crippen LogP contribution in [0.1, 0.15) is 16.1 Å². The molecule has 130 valence electrons. The summed E-state index contributed by atoms with van der Waals surface area (Å²) in [6.45, 7) is 0.649. The molecule has 1 aromatic carbocycles. The number of amides is 1. The van der Waals surface area contributed by atoms with Gasteiger partial charge < -0.3 is 14.2 Å². The van der Waals surface area contributed by atoms with Gasteiger partial charge >= 0.3 is 0 Å². The zero-order chi connectivity index (χ0) is 17.8. The molecule has 0 aliphatic carbocycles. The molecular formula is C19H16N4O3. The first-order chi connectivity index (χ1) is 12.8. The summed E-state index contributed by atoms with van der Waals surface area (Å²) in [5.74, 6) is 0.957. The number of aromatic nitrogens is 3. The molecule has 0 radical (unpaired) electrons. The van der Waals surface area contributed by atoms with E-state index in [1.165, 1.54) is 18.2 Å². The minimum absolute atomic E-state index is 0.163. The first kappa shape index (κ1) is 15.9. The number of anilines is 1. The van der Waals surface area contributed by atoms with Gasteiger partial charge in [-0.25, -0.2) is 9.67 Å². The summed E-state index contributed by atoms with van der Waals surface area (Å²) >= 11 is 0. The molecule has 0 aliphatic heterocycles. The van der Waals surface area contributed by atoms with Crippen LogP contribution < -0.4 is 5.32 Å². The Labute approximate surface area is 149 Å². The highest BCUT2D eigenvalue weighted by Gasteiger charge is 2.21. The van der Waals surface area contributed by atoms with E-state index in [2.05, 4.69) is 27.5 Å². The topological polar surface area (TPSA) is 86.1 Å². The highest BCUT2D eigenvalue weighted by atomic mass is 16.4. The summed E-state index contributed by atoms with van der Waals surface area (Å²) in [6.07, 6.45) is 5.20. The maximum absolute atomic E-state index is 12.6. The Morgan fingerprint density at radius 1 is 1.08 bits per heavy atom. The van der Waals surface area contributed by atoms with Crippen molar-refractivity contribution in [1.82, 2.24) is 14.8 Å². The predicted molar refractivity (Wildman–Crippen MR) is 94.5 cm³/mol. The van der Waals surface area contributed by atoms with Crippen LogP contribution in [0.3, 0.4) is 0 Å². The molecule has 0 atom stereocenters. The number of benzene rings is 1. The lowest BCUT2D eigenvalue weighted by molar-refractivity contribution is 0.102. The Kier molecular flexibility index (Phi) is 4.34. The number of aryl methyl sites for hydroxylation is 2. The van der Waals surface area contributed by atoms with Crippen molar-refractivity contribution in [3.63, 3.8) is 0 Å². The molecule has 4 aromatic rings. The second kappa shape index (κ2) is 7.10. The van der Waals surface area contributed by atoms with Crippen molar-refractivity contribution in [2.75, 3.05) is 5.32 Å². The van der Waals surface area contributed by atoms with Crippen LogP contribution in [-0.2, 0) is 13.0 Å². The van der Waals surface area contributed by atoms with Crippen molar-refractivity contribution in [3.05, 3.63) is 78.6 Å². The molecule has 3 heterocycles. The SMILES string of the molecule is O=C(Nc1ccnn1CCc1ccccc1)c1ncoc1-c1ccco1. The normalized spacial score (nSPS) is 10.8. The third kappa shape index (κ3) is 3.27. The van der Waals surface area contributed by atoms with E-state index in [0.29, 0.717) is 23.9 Å². The summed E-state index contributed by atoms with van der Waals surface area (Å²) in [5, 5.41) is 7.11. The third-order valence-corrected chi connectivity index (χ3v) is 3.94. The molecule has 1 N–H and O–H groups in total. The lowest BCUT2D eigenvalue weighted by atomic mass is 10.1. The van der Waals surface area contributed by atoms with E-state index in [1.807, 2.05) is 18.2 Å². The average molecular weight is 348 g/mol. The quantitative estimate of drug-likeness (QED) is 0.575. The van der Waals surface area contributed by atoms with Gasteiger partial charge in [-0.1, -0.05) is 30.3 Å². The number of hydrogen-bond donors (Lipinski definition) is 1. The minimum atomic E-state index is -0.383. The van der Waals surface area contributed by atoms with Crippen LogP contribution in [0.2, 0.25) is 0 Å². The van der Waals surface area contributed by atoms with Gasteiger partial charge in [-0.05, 0) is 24.1 Å². The van der Waals surface area contributed by atoms with Crippen LogP contribution in [0.5, 0.6) is 0 Å². The van der Waals surface area contributed by atoms with E-state index in [9.17, 15) is 4.79 Å². The molecule has 26 heavy (non-hydrogen) atoms. The number of furan rings is 1. The van der Waals surface area contributed by atoms with Crippen molar-refractivity contribution in [3.8, 4) is 11.5 Å². The van der Waals surface area contributed by atoms with Crippen LogP contribution in [0.15, 0.2) is 76.2 Å². The Hall–Kier alpha value is -3.61. The zero-order valence-electron chi connectivity index (χ0n) is 13.8. The fraction of sp³-hybridized carbons (Fsp3) is 0.105. The molecule has 0 saturated heterocycles. The first-order valence-electron chi connectivity index (χ1n) is 8.16. The van der Waals surface area contributed by atoms with Crippen molar-refractivity contribution < 1.29 is 13.6 Å². The van der Waals surface area contributed by atoms with E-state index >= 15 is 0 Å². The van der Waals surface area contributed by atoms with Crippen LogP contribution in [0, 0.1) is 0 Å². The summed E-state index contributed by atoms with van der Waals surface area (Å²) in [7, 11) is 0. The lowest BCUT2D eigenvalue weighted by Gasteiger charge is -2.08. The molecular weight excluding hydrogens is 332 g/mol. The third-order valence-electron chi connectivity index (χ3n) is 3.94. The molecule has 0 bridgehead atoms. The van der Waals surface area contributed by atoms with Gasteiger partial charge in [-0.3, -0.25) is 4.79 Å². The summed E-state index contributed by atoms with van der Waals surface area (Å²) in [5.41, 5.74) is 1.37. The number of carbonyl (C=O) groups is 1. The number of oxazole rings is 1. The summed E-state index contributed by atoms with van der Waals surface area (Å²) < 4.78 is 12.3. The largest absolute Gasteiger partial charge is 0.461 e. The van der Waals surface area contributed by atoms with Crippen LogP contribution >= 0.6 is 0 Å². The van der Waals surface area contributed by atoms with Crippen molar-refractivity contribution in [2.24, 2.45) is 0 Å². The fourth-order valence-corrected chi connectivity index (χ4v) is 2.66. The van der Waals surface area contributed by atoms with Gasteiger partial charge in [0.15, 0.2) is 17.8 Å². The zero-order valence-corrected chi connectivity index (χ0v) is 13.8. The van der Waals surface area contributed by atoms with Crippen LogP contribution in [0.25, 0.3) is 11.5 Å². The van der Waals surface area contributed by atoms with Crippen LogP contribution in [-0.4, -0.2) is 20.7 Å². The van der Waals surface area contributed by atoms with Gasteiger partial charge in [0.25, 0.3) is 5.91 Å². The Balaban J connectivity index is 1.48. The average Bonchev–Trinajstić information content (AvgIpc) is 3.41. The molecule has 7 nitrogen and oxygen atoms in total. The van der Waals surface area contributed by atoms with Gasteiger partial charge in [-0.15, -0.1) is 0 Å². The molecule has 3 aromatic heterocycles. The van der Waals surface area contributed by atoms with E-state index in [0.717, 1.165) is 6.42 Å². The van der Waals surface area contributed by atoms with Gasteiger partial charge in [0.05, 0.1) is 12.5 Å². The Morgan fingerprint density at radius 3 is 2.77 bits per heavy atom. The van der Waals surface area contributed by atoms with Gasteiger partial charge in [0.1, 0.15) is 5.82 Å². The standard InChI is InChI=1S/C19H16N4O3/c24-19(17-18(26-13-20-17)15-7-4-12-25-15)22-16-8-10-21-23(16)11-9-14-5-2-1-3-6-14/h1-8,10,12-13H,9,11H2,(H,22,24). The number of rotatable bonds is 6. The highest BCUT2D eigenvalue weighted by molar-refractivity contribution is 6.05. The van der Waals surface area contributed by atoms with E-state index in [-0.39, 0.29) is 11.6 Å². The van der Waals surface area contributed by atoms with Crippen LogP contribution in [0.4, 0.5) is 5.82 Å². The van der Waals surface area contributed by atoms with E-state index in [4.69, 9.17) is 8.83 Å². The molecule has 0 aliphatic rings. The summed E-state index contributed by atoms with van der Waals surface area (Å²) in [6, 6.07) is 15.3. The maximum Gasteiger partial charge on any atom is 0.279 e. The summed E-state index contributed by atoms with van der Waals surface area (Å²) in [4.78, 5) is 16.6. The number of nitrogens with zero attached hydrogens (tertiary/aromatic N) is 3. The van der Waals surface area contributed by atoms with Crippen molar-refractivity contribution in [2.45, 2.75) is 13.0 Å². The molecule has 0 spiro atoms. The number of hydrogen-bond acceptors (Lipinski definition) is 5. The molecule has 4 rings (SSSR count). The first-order valence-corrected chi connectivity index (χ1v) is 8.16. The lowest BCUT2D eigenvalue weighted by Crippen LogP contribution is -2.17. The smallest absolute Gasteiger partial charge is 0.279 e. The number of nitrogens with one attached hydrogen (secondary N) is 1. The molecule has 0 fully saturated rings.